The van der Waals surface area contributed by atoms with Crippen LogP contribution in [0, 0.1) is 0 Å². The first-order valence-electron chi connectivity index (χ1n) is 5.31. The first kappa shape index (κ1) is 9.19. The highest BCUT2D eigenvalue weighted by Crippen LogP contribution is 2.28. The molecule has 0 aromatic carbocycles. The van der Waals surface area contributed by atoms with E-state index in [2.05, 4.69) is 45.8 Å². The predicted octanol–water partition coefficient (Wildman–Crippen LogP) is 2.88. The molecule has 15 heavy (non-hydrogen) atoms. The van der Waals surface area contributed by atoms with Crippen molar-refractivity contribution in [2.24, 2.45) is 0 Å². The molecule has 0 radical (unpaired) electrons. The third-order valence-corrected chi connectivity index (χ3v) is 3.74. The second-order valence-electron chi connectivity index (χ2n) is 3.98. The summed E-state index contributed by atoms with van der Waals surface area (Å²) in [6, 6.07) is 7.15. The van der Waals surface area contributed by atoms with Crippen LogP contribution in [0.25, 0.3) is 11.3 Å². The Labute approximate surface area is 93.6 Å². The molecule has 0 amide bonds. The molecular weight excluding hydrogens is 204 g/mol. The second kappa shape index (κ2) is 3.51. The fourth-order valence-corrected chi connectivity index (χ4v) is 2.92. The van der Waals surface area contributed by atoms with Gasteiger partial charge >= 0.3 is 0 Å². The van der Waals surface area contributed by atoms with Gasteiger partial charge in [-0.05, 0) is 30.5 Å². The van der Waals surface area contributed by atoms with Gasteiger partial charge in [0.1, 0.15) is 0 Å². The molecule has 2 nitrogen and oxygen atoms in total. The summed E-state index contributed by atoms with van der Waals surface area (Å²) >= 11 is 1.76. The summed E-state index contributed by atoms with van der Waals surface area (Å²) in [5.74, 6) is 0. The topological polar surface area (TPSA) is 17.0 Å². The van der Waals surface area contributed by atoms with Gasteiger partial charge in [-0.3, -0.25) is 0 Å². The molecule has 2 aromatic rings. The van der Waals surface area contributed by atoms with Crippen molar-refractivity contribution in [3.8, 4) is 11.3 Å². The van der Waals surface area contributed by atoms with E-state index >= 15 is 0 Å². The Kier molecular flexibility index (Phi) is 2.15. The summed E-state index contributed by atoms with van der Waals surface area (Å²) in [5, 5.41) is 7.83. The van der Waals surface area contributed by atoms with Gasteiger partial charge in [-0.25, -0.2) is 0 Å². The quantitative estimate of drug-likeness (QED) is 0.779. The Morgan fingerprint density at radius 2 is 2.33 bits per heavy atom. The molecule has 1 N–H and O–H groups in total. The van der Waals surface area contributed by atoms with Crippen LogP contribution in [0.3, 0.4) is 0 Å². The zero-order valence-corrected chi connectivity index (χ0v) is 9.55. The van der Waals surface area contributed by atoms with Gasteiger partial charge in [-0.2, -0.15) is 11.3 Å². The van der Waals surface area contributed by atoms with E-state index in [0.29, 0.717) is 6.04 Å². The molecule has 1 aliphatic rings. The summed E-state index contributed by atoms with van der Waals surface area (Å²) in [6.45, 7) is 4.38. The van der Waals surface area contributed by atoms with Crippen molar-refractivity contribution < 1.29 is 0 Å². The molecule has 1 atom stereocenters. The van der Waals surface area contributed by atoms with Crippen LogP contribution < -0.4 is 5.32 Å². The number of nitrogens with one attached hydrogen (secondary N) is 1. The first-order chi connectivity index (χ1) is 7.36. The molecule has 0 saturated carbocycles. The summed E-state index contributed by atoms with van der Waals surface area (Å²) in [5.41, 5.74) is 4.11. The zero-order chi connectivity index (χ0) is 10.3. The Morgan fingerprint density at radius 3 is 3.13 bits per heavy atom. The molecular formula is C12H14N2S. The van der Waals surface area contributed by atoms with Crippen LogP contribution in [0.2, 0.25) is 0 Å². The minimum Gasteiger partial charge on any atom is -0.342 e. The fraction of sp³-hybridized carbons (Fsp3) is 0.333. The third kappa shape index (κ3) is 1.43. The molecule has 78 valence electrons. The van der Waals surface area contributed by atoms with Crippen molar-refractivity contribution in [3.63, 3.8) is 0 Å². The molecule has 0 bridgehead atoms. The van der Waals surface area contributed by atoms with Crippen LogP contribution in [0.1, 0.15) is 18.7 Å². The lowest BCUT2D eigenvalue weighted by atomic mass is 10.2. The lowest BCUT2D eigenvalue weighted by Crippen LogP contribution is -2.31. The highest BCUT2D eigenvalue weighted by molar-refractivity contribution is 7.08. The van der Waals surface area contributed by atoms with E-state index in [1.807, 2.05) is 0 Å². The average molecular weight is 218 g/mol. The Hall–Kier alpha value is -1.06. The van der Waals surface area contributed by atoms with Gasteiger partial charge < -0.3 is 9.88 Å². The third-order valence-electron chi connectivity index (χ3n) is 3.06. The summed E-state index contributed by atoms with van der Waals surface area (Å²) in [4.78, 5) is 0. The number of fused-ring (bicyclic) bond motifs is 1. The standard InChI is InChI=1S/C12H14N2S/c1-9-11-2-3-12(10-4-7-15-8-10)14(11)6-5-13-9/h2-4,7-9,13H,5-6H2,1H3. The molecule has 0 aliphatic carbocycles. The summed E-state index contributed by atoms with van der Waals surface area (Å²) < 4.78 is 2.43. The van der Waals surface area contributed by atoms with Gasteiger partial charge in [0, 0.05) is 41.5 Å². The molecule has 3 heteroatoms. The molecule has 0 spiro atoms. The van der Waals surface area contributed by atoms with Crippen LogP contribution in [0.15, 0.2) is 29.0 Å². The van der Waals surface area contributed by atoms with Crippen molar-refractivity contribution in [3.05, 3.63) is 34.7 Å². The van der Waals surface area contributed by atoms with E-state index in [-0.39, 0.29) is 0 Å². The minimum atomic E-state index is 0.478. The Morgan fingerprint density at radius 1 is 1.40 bits per heavy atom. The molecule has 3 rings (SSSR count). The second-order valence-corrected chi connectivity index (χ2v) is 4.76. The van der Waals surface area contributed by atoms with Gasteiger partial charge in [0.15, 0.2) is 0 Å². The molecule has 1 unspecified atom stereocenters. The van der Waals surface area contributed by atoms with Crippen LogP contribution in [-0.4, -0.2) is 11.1 Å². The average Bonchev–Trinajstić information content (AvgIpc) is 2.85. The predicted molar refractivity (Wildman–Crippen MR) is 64.2 cm³/mol. The number of nitrogens with zero attached hydrogens (tertiary/aromatic N) is 1. The SMILES string of the molecule is CC1NCCn2c(-c3ccsc3)ccc21. The fourth-order valence-electron chi connectivity index (χ4n) is 2.27. The molecule has 3 heterocycles. The lowest BCUT2D eigenvalue weighted by Gasteiger charge is -2.24. The van der Waals surface area contributed by atoms with Crippen LogP contribution in [0.5, 0.6) is 0 Å². The monoisotopic (exact) mass is 218 g/mol. The zero-order valence-electron chi connectivity index (χ0n) is 8.73. The largest absolute Gasteiger partial charge is 0.342 e. The van der Waals surface area contributed by atoms with Crippen molar-refractivity contribution in [1.82, 2.24) is 9.88 Å². The molecule has 2 aromatic heterocycles. The van der Waals surface area contributed by atoms with Gasteiger partial charge in [0.2, 0.25) is 0 Å². The van der Waals surface area contributed by atoms with E-state index in [9.17, 15) is 0 Å². The highest BCUT2D eigenvalue weighted by atomic mass is 32.1. The van der Waals surface area contributed by atoms with Gasteiger partial charge in [-0.15, -0.1) is 0 Å². The maximum atomic E-state index is 3.48. The summed E-state index contributed by atoms with van der Waals surface area (Å²) in [7, 11) is 0. The number of thiophene rings is 1. The van der Waals surface area contributed by atoms with Gasteiger partial charge in [-0.1, -0.05) is 0 Å². The lowest BCUT2D eigenvalue weighted by molar-refractivity contribution is 0.451. The number of hydrogen-bond acceptors (Lipinski definition) is 2. The van der Waals surface area contributed by atoms with Crippen LogP contribution >= 0.6 is 11.3 Å². The van der Waals surface area contributed by atoms with Gasteiger partial charge in [0.25, 0.3) is 0 Å². The van der Waals surface area contributed by atoms with Crippen molar-refractivity contribution in [2.45, 2.75) is 19.5 Å². The Balaban J connectivity index is 2.11. The van der Waals surface area contributed by atoms with E-state index < -0.39 is 0 Å². The minimum absolute atomic E-state index is 0.478. The smallest absolute Gasteiger partial charge is 0.0491 e. The van der Waals surface area contributed by atoms with Crippen LogP contribution in [-0.2, 0) is 6.54 Å². The highest BCUT2D eigenvalue weighted by Gasteiger charge is 2.18. The van der Waals surface area contributed by atoms with E-state index in [1.54, 1.807) is 11.3 Å². The number of aromatic nitrogens is 1. The molecule has 1 aliphatic heterocycles. The number of hydrogen-bond donors (Lipinski definition) is 1. The Bertz CT molecular complexity index is 456. The van der Waals surface area contributed by atoms with E-state index in [4.69, 9.17) is 0 Å². The van der Waals surface area contributed by atoms with Crippen LogP contribution in [0.4, 0.5) is 0 Å². The first-order valence-corrected chi connectivity index (χ1v) is 6.26. The van der Waals surface area contributed by atoms with Crippen molar-refractivity contribution >= 4 is 11.3 Å². The maximum absolute atomic E-state index is 3.48. The van der Waals surface area contributed by atoms with Crippen molar-refractivity contribution in [2.75, 3.05) is 6.54 Å². The number of rotatable bonds is 1. The van der Waals surface area contributed by atoms with E-state index in [0.717, 1.165) is 13.1 Å². The van der Waals surface area contributed by atoms with Crippen molar-refractivity contribution in [1.29, 1.82) is 0 Å². The maximum Gasteiger partial charge on any atom is 0.0491 e. The molecule has 0 fully saturated rings. The summed E-state index contributed by atoms with van der Waals surface area (Å²) in [6.07, 6.45) is 0. The normalized spacial score (nSPS) is 20.2. The van der Waals surface area contributed by atoms with E-state index in [1.165, 1.54) is 17.0 Å². The molecule has 0 saturated heterocycles. The van der Waals surface area contributed by atoms with Gasteiger partial charge in [0.05, 0.1) is 0 Å².